The first kappa shape index (κ1) is 15.5. The highest BCUT2D eigenvalue weighted by molar-refractivity contribution is 5.04. The molecule has 1 aliphatic carbocycles. The zero-order chi connectivity index (χ0) is 15.0. The molecule has 4 nitrogen and oxygen atoms in total. The van der Waals surface area contributed by atoms with Crippen molar-refractivity contribution in [3.63, 3.8) is 0 Å². The molecule has 0 spiro atoms. The van der Waals surface area contributed by atoms with Crippen LogP contribution in [-0.2, 0) is 5.54 Å². The normalized spacial score (nSPS) is 27.3. The molecule has 0 bridgehead atoms. The van der Waals surface area contributed by atoms with Gasteiger partial charge in [-0.05, 0) is 50.4 Å². The minimum Gasteiger partial charge on any atom is -0.337 e. The zero-order valence-corrected chi connectivity index (χ0v) is 13.6. The van der Waals surface area contributed by atoms with Gasteiger partial charge >= 0.3 is 0 Å². The van der Waals surface area contributed by atoms with E-state index in [-0.39, 0.29) is 0 Å². The number of nitrogens with two attached hydrogens (primary N) is 1. The van der Waals surface area contributed by atoms with Gasteiger partial charge in [0.05, 0.1) is 5.54 Å². The minimum absolute atomic E-state index is 0.408. The van der Waals surface area contributed by atoms with Crippen molar-refractivity contribution >= 4 is 0 Å². The fraction of sp³-hybridized carbons (Fsp3) is 0.875. The van der Waals surface area contributed by atoms with Crippen LogP contribution < -0.4 is 5.73 Å². The van der Waals surface area contributed by atoms with Crippen LogP contribution >= 0.6 is 0 Å². The van der Waals surface area contributed by atoms with Crippen molar-refractivity contribution in [1.82, 2.24) is 10.1 Å². The number of rotatable bonds is 3. The molecule has 114 valence electrons. The Hall–Kier alpha value is -0.900. The van der Waals surface area contributed by atoms with Crippen molar-refractivity contribution in [2.24, 2.45) is 17.1 Å². The first-order valence-electron chi connectivity index (χ1n) is 7.87. The van der Waals surface area contributed by atoms with Gasteiger partial charge in [0.15, 0.2) is 5.82 Å². The molecule has 1 aliphatic rings. The third kappa shape index (κ3) is 3.22. The second-order valence-corrected chi connectivity index (χ2v) is 7.64. The molecule has 1 heterocycles. The van der Waals surface area contributed by atoms with Gasteiger partial charge in [0.25, 0.3) is 0 Å². The molecule has 1 aromatic heterocycles. The summed E-state index contributed by atoms with van der Waals surface area (Å²) in [5, 5.41) is 4.18. The van der Waals surface area contributed by atoms with E-state index < -0.39 is 5.54 Å². The number of hydrogen-bond donors (Lipinski definition) is 1. The Bertz CT molecular complexity index is 437. The largest absolute Gasteiger partial charge is 0.337 e. The second kappa shape index (κ2) is 5.47. The third-order valence-corrected chi connectivity index (χ3v) is 4.98. The summed E-state index contributed by atoms with van der Waals surface area (Å²) in [5.41, 5.74) is 6.07. The third-order valence-electron chi connectivity index (χ3n) is 4.98. The first-order chi connectivity index (χ1) is 9.24. The monoisotopic (exact) mass is 279 g/mol. The number of aromatic nitrogens is 2. The predicted molar refractivity (Wildman–Crippen MR) is 80.3 cm³/mol. The van der Waals surface area contributed by atoms with Gasteiger partial charge in [0, 0.05) is 5.92 Å². The lowest BCUT2D eigenvalue weighted by molar-refractivity contribution is 0.166. The molecule has 4 heteroatoms. The molecule has 1 fully saturated rings. The summed E-state index contributed by atoms with van der Waals surface area (Å²) in [4.78, 5) is 4.56. The molecule has 1 aromatic rings. The van der Waals surface area contributed by atoms with E-state index in [1.165, 1.54) is 12.8 Å². The van der Waals surface area contributed by atoms with Crippen LogP contribution in [0.15, 0.2) is 4.52 Å². The van der Waals surface area contributed by atoms with Crippen molar-refractivity contribution in [1.29, 1.82) is 0 Å². The van der Waals surface area contributed by atoms with Crippen LogP contribution in [0.4, 0.5) is 0 Å². The van der Waals surface area contributed by atoms with Crippen LogP contribution in [0.3, 0.4) is 0 Å². The molecule has 20 heavy (non-hydrogen) atoms. The van der Waals surface area contributed by atoms with Crippen LogP contribution in [0, 0.1) is 11.3 Å². The molecule has 0 saturated heterocycles. The molecule has 0 amide bonds. The Morgan fingerprint density at radius 1 is 1.15 bits per heavy atom. The van der Waals surface area contributed by atoms with E-state index in [0.29, 0.717) is 17.2 Å². The molecule has 0 radical (unpaired) electrons. The van der Waals surface area contributed by atoms with Gasteiger partial charge in [-0.15, -0.1) is 0 Å². The van der Waals surface area contributed by atoms with Gasteiger partial charge in [-0.25, -0.2) is 0 Å². The molecular formula is C16H29N3O. The van der Waals surface area contributed by atoms with E-state index in [0.717, 1.165) is 31.0 Å². The van der Waals surface area contributed by atoms with Crippen molar-refractivity contribution in [2.45, 2.75) is 78.2 Å². The van der Waals surface area contributed by atoms with Crippen molar-refractivity contribution in [3.8, 4) is 0 Å². The zero-order valence-electron chi connectivity index (χ0n) is 13.6. The molecule has 0 aromatic carbocycles. The van der Waals surface area contributed by atoms with Gasteiger partial charge in [0.2, 0.25) is 5.89 Å². The van der Waals surface area contributed by atoms with Gasteiger partial charge in [-0.3, -0.25) is 0 Å². The van der Waals surface area contributed by atoms with Crippen molar-refractivity contribution in [2.75, 3.05) is 0 Å². The number of nitrogens with zero attached hydrogens (tertiary/aromatic N) is 2. The number of hydrogen-bond acceptors (Lipinski definition) is 4. The van der Waals surface area contributed by atoms with Gasteiger partial charge in [0.1, 0.15) is 0 Å². The first-order valence-corrected chi connectivity index (χ1v) is 7.87. The highest BCUT2D eigenvalue weighted by Crippen LogP contribution is 2.42. The standard InChI is InChI=1S/C16H29N3O/c1-6-16(5,17)14-18-13(19-20-14)11-7-9-12(10-8-11)15(2,3)4/h11-12H,6-10,17H2,1-5H3. The lowest BCUT2D eigenvalue weighted by Gasteiger charge is -2.36. The van der Waals surface area contributed by atoms with E-state index >= 15 is 0 Å². The average molecular weight is 279 g/mol. The lowest BCUT2D eigenvalue weighted by atomic mass is 9.70. The van der Waals surface area contributed by atoms with Crippen LogP contribution in [0.25, 0.3) is 0 Å². The Morgan fingerprint density at radius 2 is 1.75 bits per heavy atom. The van der Waals surface area contributed by atoms with Gasteiger partial charge < -0.3 is 10.3 Å². The Kier molecular flexibility index (Phi) is 4.24. The molecule has 1 saturated carbocycles. The van der Waals surface area contributed by atoms with Gasteiger partial charge in [-0.2, -0.15) is 4.98 Å². The van der Waals surface area contributed by atoms with E-state index in [1.54, 1.807) is 0 Å². The van der Waals surface area contributed by atoms with E-state index in [2.05, 4.69) is 30.9 Å². The fourth-order valence-electron chi connectivity index (χ4n) is 3.00. The Labute approximate surface area is 122 Å². The van der Waals surface area contributed by atoms with Crippen LogP contribution in [0.5, 0.6) is 0 Å². The lowest BCUT2D eigenvalue weighted by Crippen LogP contribution is -2.32. The molecular weight excluding hydrogens is 250 g/mol. The summed E-state index contributed by atoms with van der Waals surface area (Å²) in [6, 6.07) is 0. The summed E-state index contributed by atoms with van der Waals surface area (Å²) < 4.78 is 5.38. The maximum atomic E-state index is 6.16. The van der Waals surface area contributed by atoms with Crippen LogP contribution in [0.1, 0.15) is 84.4 Å². The summed E-state index contributed by atoms with van der Waals surface area (Å²) >= 11 is 0. The smallest absolute Gasteiger partial charge is 0.246 e. The molecule has 2 rings (SSSR count). The van der Waals surface area contributed by atoms with E-state index in [1.807, 2.05) is 13.8 Å². The molecule has 0 aliphatic heterocycles. The summed E-state index contributed by atoms with van der Waals surface area (Å²) in [6.07, 6.45) is 5.63. The van der Waals surface area contributed by atoms with Gasteiger partial charge in [-0.1, -0.05) is 32.9 Å². The fourth-order valence-corrected chi connectivity index (χ4v) is 3.00. The summed E-state index contributed by atoms with van der Waals surface area (Å²) in [7, 11) is 0. The minimum atomic E-state index is -0.506. The predicted octanol–water partition coefficient (Wildman–Crippen LogP) is 3.97. The summed E-state index contributed by atoms with van der Waals surface area (Å²) in [5.74, 6) is 2.68. The second-order valence-electron chi connectivity index (χ2n) is 7.64. The summed E-state index contributed by atoms with van der Waals surface area (Å²) in [6.45, 7) is 11.0. The Morgan fingerprint density at radius 3 is 2.25 bits per heavy atom. The maximum absolute atomic E-state index is 6.16. The SMILES string of the molecule is CCC(C)(N)c1nc(C2CCC(C(C)(C)C)CC2)no1. The van der Waals surface area contributed by atoms with Crippen molar-refractivity contribution in [3.05, 3.63) is 11.7 Å². The topological polar surface area (TPSA) is 64.9 Å². The van der Waals surface area contributed by atoms with Crippen LogP contribution in [0.2, 0.25) is 0 Å². The quantitative estimate of drug-likeness (QED) is 0.909. The van der Waals surface area contributed by atoms with Crippen LogP contribution in [-0.4, -0.2) is 10.1 Å². The van der Waals surface area contributed by atoms with E-state index in [9.17, 15) is 0 Å². The van der Waals surface area contributed by atoms with E-state index in [4.69, 9.17) is 10.3 Å². The molecule has 2 N–H and O–H groups in total. The van der Waals surface area contributed by atoms with Crippen molar-refractivity contribution < 1.29 is 4.52 Å². The molecule has 1 unspecified atom stereocenters. The highest BCUT2D eigenvalue weighted by atomic mass is 16.5. The molecule has 1 atom stereocenters. The Balaban J connectivity index is 2.01. The highest BCUT2D eigenvalue weighted by Gasteiger charge is 2.33. The average Bonchev–Trinajstić information content (AvgIpc) is 2.88. The maximum Gasteiger partial charge on any atom is 0.246 e.